The number of hydrogen-bond donors (Lipinski definition) is 0. The van der Waals surface area contributed by atoms with Gasteiger partial charge in [-0.25, -0.2) is 0 Å². The Kier molecular flexibility index (Phi) is 3.20. The number of para-hydroxylation sites is 2. The first-order valence-electron chi connectivity index (χ1n) is 9.12. The van der Waals surface area contributed by atoms with Gasteiger partial charge in [0.2, 0.25) is 0 Å². The summed E-state index contributed by atoms with van der Waals surface area (Å²) in [6.07, 6.45) is 2.09. The summed E-state index contributed by atoms with van der Waals surface area (Å²) in [6.45, 7) is 3.14. The van der Waals surface area contributed by atoms with Gasteiger partial charge in [-0.2, -0.15) is 0 Å². The van der Waals surface area contributed by atoms with Crippen LogP contribution in [0.4, 0.5) is 0 Å². The third-order valence-corrected chi connectivity index (χ3v) is 5.53. The van der Waals surface area contributed by atoms with E-state index in [0.717, 1.165) is 57.5 Å². The number of benzene rings is 3. The predicted molar refractivity (Wildman–Crippen MR) is 109 cm³/mol. The van der Waals surface area contributed by atoms with Crippen molar-refractivity contribution in [3.05, 3.63) is 60.2 Å². The quantitative estimate of drug-likeness (QED) is 0.389. The highest BCUT2D eigenvalue weighted by Crippen LogP contribution is 2.39. The summed E-state index contributed by atoms with van der Waals surface area (Å²) in [5, 5.41) is 4.58. The summed E-state index contributed by atoms with van der Waals surface area (Å²) in [4.78, 5) is 12.3. The second-order valence-corrected chi connectivity index (χ2v) is 6.94. The summed E-state index contributed by atoms with van der Waals surface area (Å²) < 4.78 is 4.51. The molecule has 0 saturated carbocycles. The molecule has 0 fully saturated rings. The summed E-state index contributed by atoms with van der Waals surface area (Å²) in [5.41, 5.74) is 5.33. The Hall–Kier alpha value is -3.07. The zero-order chi connectivity index (χ0) is 17.8. The minimum Gasteiger partial charge on any atom is -0.343 e. The molecule has 3 aromatic carbocycles. The number of carbonyl (C=O) groups is 1. The van der Waals surface area contributed by atoms with E-state index in [0.29, 0.717) is 0 Å². The van der Waals surface area contributed by atoms with Gasteiger partial charge in [0.25, 0.3) is 0 Å². The number of aryl methyl sites for hydroxylation is 2. The van der Waals surface area contributed by atoms with Crippen LogP contribution in [0.5, 0.6) is 0 Å². The van der Waals surface area contributed by atoms with Gasteiger partial charge in [0.05, 0.1) is 11.0 Å². The molecule has 0 bridgehead atoms. The van der Waals surface area contributed by atoms with Crippen LogP contribution in [0.2, 0.25) is 0 Å². The molecule has 0 aliphatic rings. The Labute approximate surface area is 151 Å². The maximum absolute atomic E-state index is 12.3. The summed E-state index contributed by atoms with van der Waals surface area (Å²) >= 11 is 0. The van der Waals surface area contributed by atoms with E-state index in [1.54, 1.807) is 0 Å². The first kappa shape index (κ1) is 15.2. The molecular weight excluding hydrogens is 320 g/mol. The molecule has 128 valence electrons. The number of rotatable bonds is 3. The van der Waals surface area contributed by atoms with E-state index in [-0.39, 0.29) is 0 Å². The fourth-order valence-corrected chi connectivity index (χ4v) is 4.49. The van der Waals surface area contributed by atoms with Gasteiger partial charge in [0, 0.05) is 51.7 Å². The Morgan fingerprint density at radius 3 is 2.31 bits per heavy atom. The number of aromatic nitrogens is 2. The van der Waals surface area contributed by atoms with Crippen LogP contribution < -0.4 is 0 Å². The largest absolute Gasteiger partial charge is 0.343 e. The molecule has 0 N–H and O–H groups in total. The molecule has 0 atom stereocenters. The van der Waals surface area contributed by atoms with E-state index in [1.807, 2.05) is 6.07 Å². The van der Waals surface area contributed by atoms with E-state index < -0.39 is 0 Å². The standard InChI is InChI=1S/C23H20N2O/c1-3-12-25-20-11-7-5-9-16(20)22-18(14-26)23-17(13-21(22)25)15-8-4-6-10-19(15)24(23)2/h4-11,13-14H,3,12H2,1-2H3. The summed E-state index contributed by atoms with van der Waals surface area (Å²) in [6, 6.07) is 19.1. The molecule has 26 heavy (non-hydrogen) atoms. The van der Waals surface area contributed by atoms with Crippen molar-refractivity contribution >= 4 is 49.9 Å². The molecule has 0 amide bonds. The normalized spacial score (nSPS) is 11.9. The number of fused-ring (bicyclic) bond motifs is 6. The highest BCUT2D eigenvalue weighted by atomic mass is 16.1. The van der Waals surface area contributed by atoms with E-state index in [4.69, 9.17) is 0 Å². The number of nitrogens with zero attached hydrogens (tertiary/aromatic N) is 2. The molecule has 2 aromatic heterocycles. The molecule has 3 heteroatoms. The van der Waals surface area contributed by atoms with Crippen LogP contribution in [-0.4, -0.2) is 15.4 Å². The van der Waals surface area contributed by atoms with Gasteiger partial charge >= 0.3 is 0 Å². The van der Waals surface area contributed by atoms with Crippen molar-refractivity contribution in [2.24, 2.45) is 7.05 Å². The van der Waals surface area contributed by atoms with Crippen molar-refractivity contribution in [3.8, 4) is 0 Å². The fourth-order valence-electron chi connectivity index (χ4n) is 4.49. The van der Waals surface area contributed by atoms with Crippen LogP contribution in [0.25, 0.3) is 43.6 Å². The van der Waals surface area contributed by atoms with E-state index in [1.165, 1.54) is 10.9 Å². The second kappa shape index (κ2) is 5.46. The molecule has 5 rings (SSSR count). The molecule has 5 aromatic rings. The van der Waals surface area contributed by atoms with Crippen molar-refractivity contribution in [3.63, 3.8) is 0 Å². The van der Waals surface area contributed by atoms with Crippen molar-refractivity contribution in [1.82, 2.24) is 9.13 Å². The number of carbonyl (C=O) groups excluding carboxylic acids is 1. The predicted octanol–water partition coefficient (Wildman–Crippen LogP) is 5.66. The minimum absolute atomic E-state index is 0.794. The van der Waals surface area contributed by atoms with Crippen molar-refractivity contribution in [1.29, 1.82) is 0 Å². The van der Waals surface area contributed by atoms with Crippen LogP contribution in [0.15, 0.2) is 54.6 Å². The Morgan fingerprint density at radius 2 is 1.58 bits per heavy atom. The average molecular weight is 340 g/mol. The number of aldehydes is 1. The average Bonchev–Trinajstić information content (AvgIpc) is 3.15. The molecule has 3 nitrogen and oxygen atoms in total. The lowest BCUT2D eigenvalue weighted by Crippen LogP contribution is -1.97. The van der Waals surface area contributed by atoms with Crippen LogP contribution >= 0.6 is 0 Å². The fraction of sp³-hybridized carbons (Fsp3) is 0.174. The second-order valence-electron chi connectivity index (χ2n) is 6.94. The van der Waals surface area contributed by atoms with Crippen LogP contribution in [0, 0.1) is 0 Å². The number of hydrogen-bond acceptors (Lipinski definition) is 1. The summed E-state index contributed by atoms with van der Waals surface area (Å²) in [7, 11) is 2.05. The third kappa shape index (κ3) is 1.80. The zero-order valence-corrected chi connectivity index (χ0v) is 15.0. The third-order valence-electron chi connectivity index (χ3n) is 5.53. The maximum atomic E-state index is 12.3. The Balaban J connectivity index is 2.12. The lowest BCUT2D eigenvalue weighted by atomic mass is 10.0. The topological polar surface area (TPSA) is 26.9 Å². The highest BCUT2D eigenvalue weighted by molar-refractivity contribution is 6.25. The minimum atomic E-state index is 0.794. The van der Waals surface area contributed by atoms with Gasteiger partial charge in [-0.1, -0.05) is 43.3 Å². The maximum Gasteiger partial charge on any atom is 0.152 e. The SMILES string of the molecule is CCCn1c2ccccc2c2c(C=O)c3c(cc21)c1ccccc1n3C. The molecule has 0 aliphatic carbocycles. The van der Waals surface area contributed by atoms with Gasteiger partial charge in [0.1, 0.15) is 0 Å². The lowest BCUT2D eigenvalue weighted by Gasteiger charge is -2.07. The van der Waals surface area contributed by atoms with Gasteiger partial charge in [-0.3, -0.25) is 4.79 Å². The highest BCUT2D eigenvalue weighted by Gasteiger charge is 2.20. The van der Waals surface area contributed by atoms with Crippen LogP contribution in [-0.2, 0) is 13.6 Å². The molecule has 0 spiro atoms. The Morgan fingerprint density at radius 1 is 0.885 bits per heavy atom. The van der Waals surface area contributed by atoms with Crippen molar-refractivity contribution in [2.75, 3.05) is 0 Å². The van der Waals surface area contributed by atoms with E-state index in [9.17, 15) is 4.79 Å². The Bertz CT molecular complexity index is 1320. The van der Waals surface area contributed by atoms with Crippen LogP contribution in [0.1, 0.15) is 23.7 Å². The zero-order valence-electron chi connectivity index (χ0n) is 15.0. The van der Waals surface area contributed by atoms with Crippen molar-refractivity contribution in [2.45, 2.75) is 19.9 Å². The van der Waals surface area contributed by atoms with Gasteiger partial charge in [0.15, 0.2) is 6.29 Å². The van der Waals surface area contributed by atoms with Crippen LogP contribution in [0.3, 0.4) is 0 Å². The smallest absolute Gasteiger partial charge is 0.152 e. The molecule has 0 aliphatic heterocycles. The van der Waals surface area contributed by atoms with Gasteiger partial charge in [-0.15, -0.1) is 0 Å². The lowest BCUT2D eigenvalue weighted by molar-refractivity contribution is 0.112. The van der Waals surface area contributed by atoms with Gasteiger partial charge in [-0.05, 0) is 24.6 Å². The molecule has 0 unspecified atom stereocenters. The summed E-state index contributed by atoms with van der Waals surface area (Å²) in [5.74, 6) is 0. The molecule has 0 saturated heterocycles. The van der Waals surface area contributed by atoms with E-state index in [2.05, 4.69) is 71.6 Å². The first-order valence-corrected chi connectivity index (χ1v) is 9.12. The monoisotopic (exact) mass is 340 g/mol. The molecule has 2 heterocycles. The first-order chi connectivity index (χ1) is 12.8. The molecule has 0 radical (unpaired) electrons. The van der Waals surface area contributed by atoms with Crippen molar-refractivity contribution < 1.29 is 4.79 Å². The van der Waals surface area contributed by atoms with Gasteiger partial charge < -0.3 is 9.13 Å². The molecular formula is C23H20N2O. The van der Waals surface area contributed by atoms with E-state index >= 15 is 0 Å².